The number of β-amino-alcohol motifs (C(OH)–C–C–N with tert-alkyl or cyclic N) is 1. The molecule has 0 saturated carbocycles. The van der Waals surface area contributed by atoms with Crippen molar-refractivity contribution in [3.8, 4) is 0 Å². The van der Waals surface area contributed by atoms with Gasteiger partial charge in [0.15, 0.2) is 0 Å². The smallest absolute Gasteiger partial charge is 0.266 e. The maximum atomic E-state index is 12.4. The molecule has 1 fully saturated rings. The van der Waals surface area contributed by atoms with E-state index < -0.39 is 11.7 Å². The summed E-state index contributed by atoms with van der Waals surface area (Å²) in [5, 5.41) is 10.2. The Morgan fingerprint density at radius 2 is 1.96 bits per heavy atom. The highest BCUT2D eigenvalue weighted by molar-refractivity contribution is 6.30. The molecule has 2 heterocycles. The number of pyridine rings is 1. The van der Waals surface area contributed by atoms with Crippen molar-refractivity contribution in [2.75, 3.05) is 32.7 Å². The summed E-state index contributed by atoms with van der Waals surface area (Å²) >= 11 is 5.77. The third kappa shape index (κ3) is 4.56. The predicted octanol–water partition coefficient (Wildman–Crippen LogP) is 1.19. The zero-order valence-corrected chi connectivity index (χ0v) is 14.6. The van der Waals surface area contributed by atoms with Gasteiger partial charge in [-0.1, -0.05) is 32.4 Å². The van der Waals surface area contributed by atoms with Gasteiger partial charge in [0.05, 0.1) is 11.7 Å². The molecule has 0 aromatic carbocycles. The number of piperazine rings is 1. The molecule has 1 aliphatic rings. The van der Waals surface area contributed by atoms with Crippen LogP contribution in [-0.4, -0.2) is 64.6 Å². The van der Waals surface area contributed by atoms with Gasteiger partial charge < -0.3 is 15.0 Å². The minimum absolute atomic E-state index is 0.0165. The normalized spacial score (nSPS) is 18.0. The third-order valence-corrected chi connectivity index (χ3v) is 4.48. The van der Waals surface area contributed by atoms with Crippen LogP contribution in [0, 0.1) is 5.41 Å². The first-order chi connectivity index (χ1) is 10.7. The number of carbonyl (C=O) groups is 1. The second-order valence-corrected chi connectivity index (χ2v) is 7.45. The average Bonchev–Trinajstić information content (AvgIpc) is 2.49. The molecule has 7 heteroatoms. The molecule has 1 aromatic heterocycles. The number of halogens is 1. The second-order valence-electron chi connectivity index (χ2n) is 7.04. The van der Waals surface area contributed by atoms with E-state index in [9.17, 15) is 14.7 Å². The van der Waals surface area contributed by atoms with Crippen molar-refractivity contribution in [2.45, 2.75) is 26.9 Å². The minimum atomic E-state index is -0.400. The summed E-state index contributed by atoms with van der Waals surface area (Å²) in [6.45, 7) is 9.26. The number of aromatic amines is 1. The Kier molecular flexibility index (Phi) is 5.49. The van der Waals surface area contributed by atoms with Crippen LogP contribution in [0.25, 0.3) is 0 Å². The molecule has 0 aliphatic carbocycles. The highest BCUT2D eigenvalue weighted by atomic mass is 35.5. The molecule has 0 radical (unpaired) electrons. The Labute approximate surface area is 141 Å². The average molecular weight is 342 g/mol. The van der Waals surface area contributed by atoms with Crippen molar-refractivity contribution in [3.05, 3.63) is 33.2 Å². The summed E-state index contributed by atoms with van der Waals surface area (Å²) < 4.78 is 0. The van der Waals surface area contributed by atoms with E-state index in [1.807, 2.05) is 20.8 Å². The van der Waals surface area contributed by atoms with Crippen LogP contribution in [0.1, 0.15) is 31.1 Å². The number of nitrogens with one attached hydrogen (secondary N) is 1. The lowest BCUT2D eigenvalue weighted by Crippen LogP contribution is -2.51. The van der Waals surface area contributed by atoms with E-state index in [1.54, 1.807) is 4.90 Å². The summed E-state index contributed by atoms with van der Waals surface area (Å²) in [6, 6.07) is 1.40. The Balaban J connectivity index is 1.92. The topological polar surface area (TPSA) is 76.6 Å². The van der Waals surface area contributed by atoms with E-state index in [-0.39, 0.29) is 16.3 Å². The van der Waals surface area contributed by atoms with E-state index in [0.29, 0.717) is 25.2 Å². The van der Waals surface area contributed by atoms with E-state index in [2.05, 4.69) is 9.88 Å². The van der Waals surface area contributed by atoms with Crippen LogP contribution < -0.4 is 5.56 Å². The van der Waals surface area contributed by atoms with Crippen molar-refractivity contribution >= 4 is 17.5 Å². The number of H-pyrrole nitrogens is 1. The molecule has 2 rings (SSSR count). The maximum Gasteiger partial charge on any atom is 0.266 e. The van der Waals surface area contributed by atoms with Crippen LogP contribution in [-0.2, 0) is 0 Å². The van der Waals surface area contributed by atoms with E-state index >= 15 is 0 Å². The van der Waals surface area contributed by atoms with Gasteiger partial charge in [-0.05, 0) is 11.5 Å². The van der Waals surface area contributed by atoms with Crippen LogP contribution in [0.3, 0.4) is 0 Å². The maximum absolute atomic E-state index is 12.4. The van der Waals surface area contributed by atoms with Crippen LogP contribution in [0.4, 0.5) is 0 Å². The Hall–Kier alpha value is -1.37. The number of rotatable bonds is 3. The Morgan fingerprint density at radius 3 is 2.48 bits per heavy atom. The number of hydrogen-bond acceptors (Lipinski definition) is 4. The number of carbonyl (C=O) groups excluding carboxylic acids is 1. The van der Waals surface area contributed by atoms with Crippen molar-refractivity contribution in [3.63, 3.8) is 0 Å². The largest absolute Gasteiger partial charge is 0.391 e. The fraction of sp³-hybridized carbons (Fsp3) is 0.625. The van der Waals surface area contributed by atoms with Crippen molar-refractivity contribution < 1.29 is 9.90 Å². The molecule has 23 heavy (non-hydrogen) atoms. The van der Waals surface area contributed by atoms with E-state index in [1.165, 1.54) is 12.3 Å². The quantitative estimate of drug-likeness (QED) is 0.866. The number of nitrogens with zero attached hydrogens (tertiary/aromatic N) is 2. The molecule has 1 saturated heterocycles. The Morgan fingerprint density at radius 1 is 1.35 bits per heavy atom. The van der Waals surface area contributed by atoms with Gasteiger partial charge in [-0.3, -0.25) is 14.5 Å². The number of amides is 1. The molecular weight excluding hydrogens is 318 g/mol. The van der Waals surface area contributed by atoms with Gasteiger partial charge in [-0.25, -0.2) is 0 Å². The van der Waals surface area contributed by atoms with Crippen LogP contribution in [0.15, 0.2) is 17.1 Å². The van der Waals surface area contributed by atoms with Crippen LogP contribution in [0.5, 0.6) is 0 Å². The summed E-state index contributed by atoms with van der Waals surface area (Å²) in [6.07, 6.45) is 0.995. The molecular formula is C16H24ClN3O3. The first-order valence-corrected chi connectivity index (χ1v) is 8.14. The monoisotopic (exact) mass is 341 g/mol. The van der Waals surface area contributed by atoms with Crippen molar-refractivity contribution in [1.82, 2.24) is 14.8 Å². The zero-order chi connectivity index (χ0) is 17.2. The number of hydrogen-bond donors (Lipinski definition) is 2. The summed E-state index contributed by atoms with van der Waals surface area (Å²) in [5.41, 5.74) is -0.165. The molecule has 0 unspecified atom stereocenters. The molecule has 128 valence electrons. The van der Waals surface area contributed by atoms with Crippen molar-refractivity contribution in [1.29, 1.82) is 0 Å². The molecule has 1 amide bonds. The molecule has 2 N–H and O–H groups in total. The fourth-order valence-electron chi connectivity index (χ4n) is 2.41. The summed E-state index contributed by atoms with van der Waals surface area (Å²) in [4.78, 5) is 30.1. The lowest BCUT2D eigenvalue weighted by molar-refractivity contribution is 0.0137. The van der Waals surface area contributed by atoms with E-state index in [4.69, 9.17) is 11.6 Å². The molecule has 1 aliphatic heterocycles. The molecule has 6 nitrogen and oxygen atoms in total. The minimum Gasteiger partial charge on any atom is -0.391 e. The lowest BCUT2D eigenvalue weighted by Gasteiger charge is -2.38. The van der Waals surface area contributed by atoms with Gasteiger partial charge in [-0.2, -0.15) is 0 Å². The first kappa shape index (κ1) is 18.0. The molecule has 0 spiro atoms. The van der Waals surface area contributed by atoms with Gasteiger partial charge in [-0.15, -0.1) is 0 Å². The highest BCUT2D eigenvalue weighted by Crippen LogP contribution is 2.20. The van der Waals surface area contributed by atoms with Gasteiger partial charge in [0.25, 0.3) is 11.5 Å². The van der Waals surface area contributed by atoms with Gasteiger partial charge in [0.2, 0.25) is 0 Å². The number of aliphatic hydroxyl groups is 1. The van der Waals surface area contributed by atoms with Crippen molar-refractivity contribution in [2.24, 2.45) is 5.41 Å². The van der Waals surface area contributed by atoms with Crippen LogP contribution >= 0.6 is 11.6 Å². The third-order valence-electron chi connectivity index (χ3n) is 4.20. The second kappa shape index (κ2) is 7.03. The van der Waals surface area contributed by atoms with Gasteiger partial charge >= 0.3 is 0 Å². The predicted molar refractivity (Wildman–Crippen MR) is 89.9 cm³/mol. The SMILES string of the molecule is CC(C)(C)[C@@H](O)CN1CCN(C(=O)c2c[nH]c(=O)c(Cl)c2)CC1. The van der Waals surface area contributed by atoms with Gasteiger partial charge in [0.1, 0.15) is 5.02 Å². The molecule has 0 bridgehead atoms. The standard InChI is InChI=1S/C16H24ClN3O3/c1-16(2,3)13(21)10-19-4-6-20(7-5-19)15(23)11-8-12(17)14(22)18-9-11/h8-9,13,21H,4-7,10H2,1-3H3,(H,18,22)/t13-/m0/s1. The van der Waals surface area contributed by atoms with Gasteiger partial charge in [0, 0.05) is 38.9 Å². The molecule has 1 atom stereocenters. The Bertz CT molecular complexity index is 616. The summed E-state index contributed by atoms with van der Waals surface area (Å²) in [7, 11) is 0. The summed E-state index contributed by atoms with van der Waals surface area (Å²) in [5.74, 6) is -0.140. The number of aromatic nitrogens is 1. The zero-order valence-electron chi connectivity index (χ0n) is 13.8. The molecule has 1 aromatic rings. The first-order valence-electron chi connectivity index (χ1n) is 7.76. The highest BCUT2D eigenvalue weighted by Gasteiger charge is 2.28. The van der Waals surface area contributed by atoms with E-state index in [0.717, 1.165) is 13.1 Å². The lowest BCUT2D eigenvalue weighted by atomic mass is 9.89. The fourth-order valence-corrected chi connectivity index (χ4v) is 2.59. The number of aliphatic hydroxyl groups excluding tert-OH is 1. The van der Waals surface area contributed by atoms with Crippen LogP contribution in [0.2, 0.25) is 5.02 Å².